The third-order valence-corrected chi connectivity index (χ3v) is 6.55. The Morgan fingerprint density at radius 3 is 1.34 bits per heavy atom. The van der Waals surface area contributed by atoms with E-state index >= 15 is 0 Å². The van der Waals surface area contributed by atoms with Crippen molar-refractivity contribution < 1.29 is 29.0 Å². The van der Waals surface area contributed by atoms with Crippen LogP contribution in [0.4, 0.5) is 0 Å². The van der Waals surface area contributed by atoms with Crippen LogP contribution in [0.2, 0.25) is 0 Å². The first-order valence-electron chi connectivity index (χ1n) is 12.0. The third-order valence-electron chi connectivity index (χ3n) is 6.55. The van der Waals surface area contributed by atoms with Gasteiger partial charge in [-0.3, -0.25) is 9.59 Å². The molecule has 1 N–H and O–H groups in total. The van der Waals surface area contributed by atoms with Crippen LogP contribution in [0.1, 0.15) is 50.5 Å². The van der Waals surface area contributed by atoms with Crippen LogP contribution in [0.3, 0.4) is 0 Å². The number of carboxylic acids is 1. The number of carbonyl (C=O) groups is 3. The Hall–Kier alpha value is -4.71. The summed E-state index contributed by atoms with van der Waals surface area (Å²) in [7, 11) is 2.97. The van der Waals surface area contributed by atoms with E-state index in [0.29, 0.717) is 16.9 Å². The number of carboxylic acid groups (broad SMARTS) is 1. The van der Waals surface area contributed by atoms with E-state index in [4.69, 9.17) is 9.47 Å². The van der Waals surface area contributed by atoms with Crippen molar-refractivity contribution >= 4 is 17.5 Å². The number of Topliss-reactive ketones (excluding diaryl/α,β-unsaturated/α-hetero) is 2. The molecular weight excluding hydrogens is 480 g/mol. The molecule has 6 heteroatoms. The van der Waals surface area contributed by atoms with Gasteiger partial charge in [0.15, 0.2) is 11.6 Å². The Bertz CT molecular complexity index is 1500. The van der Waals surface area contributed by atoms with Crippen molar-refractivity contribution in [2.24, 2.45) is 0 Å². The Morgan fingerprint density at radius 2 is 0.947 bits per heavy atom. The standard InChI is InChI=1S/C32H28O6/c1-18-12-21(6-9-27(18)19(2)33)24-13-25(22-7-10-28(20(3)34)30(16-22)37-4)15-26(14-24)23-8-11-29(32(35)36)31(17-23)38-5/h6-17H,1-5H3,(H,35,36). The zero-order valence-corrected chi connectivity index (χ0v) is 21.9. The van der Waals surface area contributed by atoms with Gasteiger partial charge < -0.3 is 14.6 Å². The van der Waals surface area contributed by atoms with Crippen LogP contribution in [0.15, 0.2) is 72.8 Å². The van der Waals surface area contributed by atoms with Gasteiger partial charge in [0.1, 0.15) is 17.1 Å². The van der Waals surface area contributed by atoms with E-state index in [9.17, 15) is 19.5 Å². The second-order valence-corrected chi connectivity index (χ2v) is 9.08. The summed E-state index contributed by atoms with van der Waals surface area (Å²) in [6.45, 7) is 4.95. The number of rotatable bonds is 8. The quantitative estimate of drug-likeness (QED) is 0.255. The first-order chi connectivity index (χ1) is 18.1. The normalized spacial score (nSPS) is 10.7. The van der Waals surface area contributed by atoms with Gasteiger partial charge in [-0.1, -0.05) is 30.3 Å². The summed E-state index contributed by atoms with van der Waals surface area (Å²) in [5, 5.41) is 9.50. The molecule has 0 aliphatic carbocycles. The minimum atomic E-state index is -1.07. The van der Waals surface area contributed by atoms with Gasteiger partial charge in [0, 0.05) is 5.56 Å². The van der Waals surface area contributed by atoms with Gasteiger partial charge in [-0.2, -0.15) is 0 Å². The Kier molecular flexibility index (Phi) is 7.44. The lowest BCUT2D eigenvalue weighted by Crippen LogP contribution is -2.00. The van der Waals surface area contributed by atoms with Gasteiger partial charge in [0.05, 0.1) is 19.8 Å². The summed E-state index contributed by atoms with van der Waals surface area (Å²) in [5.41, 5.74) is 7.30. The molecule has 192 valence electrons. The lowest BCUT2D eigenvalue weighted by atomic mass is 9.91. The Labute approximate surface area is 221 Å². The number of ether oxygens (including phenoxy) is 2. The van der Waals surface area contributed by atoms with Gasteiger partial charge in [-0.25, -0.2) is 4.79 Å². The van der Waals surface area contributed by atoms with E-state index in [1.165, 1.54) is 27.2 Å². The average molecular weight is 509 g/mol. The molecule has 4 rings (SSSR count). The monoisotopic (exact) mass is 508 g/mol. The molecule has 0 radical (unpaired) electrons. The largest absolute Gasteiger partial charge is 0.496 e. The highest BCUT2D eigenvalue weighted by molar-refractivity contribution is 5.98. The number of carbonyl (C=O) groups excluding carboxylic acids is 2. The second-order valence-electron chi connectivity index (χ2n) is 9.08. The molecule has 6 nitrogen and oxygen atoms in total. The van der Waals surface area contributed by atoms with Crippen molar-refractivity contribution in [2.75, 3.05) is 14.2 Å². The summed E-state index contributed by atoms with van der Waals surface area (Å²) in [4.78, 5) is 35.6. The maximum absolute atomic E-state index is 12.0. The number of hydrogen-bond acceptors (Lipinski definition) is 5. The van der Waals surface area contributed by atoms with Gasteiger partial charge in [-0.15, -0.1) is 0 Å². The number of ketones is 2. The molecule has 0 fully saturated rings. The number of aromatic carboxylic acids is 1. The summed E-state index contributed by atoms with van der Waals surface area (Å²) < 4.78 is 10.8. The molecule has 0 saturated heterocycles. The van der Waals surface area contributed by atoms with E-state index in [-0.39, 0.29) is 22.9 Å². The fourth-order valence-electron chi connectivity index (χ4n) is 4.57. The maximum Gasteiger partial charge on any atom is 0.339 e. The molecule has 0 aliphatic heterocycles. The predicted octanol–water partition coefficient (Wildman–Crippen LogP) is 7.12. The van der Waals surface area contributed by atoms with Gasteiger partial charge in [0.25, 0.3) is 0 Å². The first-order valence-corrected chi connectivity index (χ1v) is 12.0. The van der Waals surface area contributed by atoms with E-state index in [1.54, 1.807) is 25.1 Å². The van der Waals surface area contributed by atoms with Crippen molar-refractivity contribution in [2.45, 2.75) is 20.8 Å². The van der Waals surface area contributed by atoms with E-state index in [0.717, 1.165) is 38.9 Å². The zero-order chi connectivity index (χ0) is 27.6. The lowest BCUT2D eigenvalue weighted by Gasteiger charge is -2.15. The molecule has 4 aromatic carbocycles. The minimum Gasteiger partial charge on any atom is -0.496 e. The topological polar surface area (TPSA) is 89.9 Å². The van der Waals surface area contributed by atoms with Crippen LogP contribution < -0.4 is 9.47 Å². The third kappa shape index (κ3) is 5.20. The zero-order valence-electron chi connectivity index (χ0n) is 21.9. The highest BCUT2D eigenvalue weighted by atomic mass is 16.5. The fourth-order valence-corrected chi connectivity index (χ4v) is 4.57. The van der Waals surface area contributed by atoms with Crippen molar-refractivity contribution in [1.82, 2.24) is 0 Å². The van der Waals surface area contributed by atoms with E-state index < -0.39 is 5.97 Å². The molecule has 38 heavy (non-hydrogen) atoms. The highest BCUT2D eigenvalue weighted by Crippen LogP contribution is 2.37. The number of aryl methyl sites for hydroxylation is 1. The number of benzene rings is 4. The number of methoxy groups -OCH3 is 2. The molecule has 0 aliphatic rings. The predicted molar refractivity (Wildman–Crippen MR) is 148 cm³/mol. The van der Waals surface area contributed by atoms with Gasteiger partial charge in [0.2, 0.25) is 0 Å². The molecule has 0 amide bonds. The van der Waals surface area contributed by atoms with Crippen LogP contribution in [-0.4, -0.2) is 36.9 Å². The summed E-state index contributed by atoms with van der Waals surface area (Å²) in [5.74, 6) is -0.407. The Morgan fingerprint density at radius 1 is 0.553 bits per heavy atom. The molecular formula is C32H28O6. The van der Waals surface area contributed by atoms with E-state index in [1.807, 2.05) is 55.5 Å². The SMILES string of the molecule is COc1cc(-c2cc(-c3ccc(C(C)=O)c(C)c3)cc(-c3ccc(C(=O)O)c(OC)c3)c2)ccc1C(C)=O. The van der Waals surface area contributed by atoms with Crippen molar-refractivity contribution in [3.8, 4) is 44.9 Å². The Balaban J connectivity index is 1.95. The average Bonchev–Trinajstić information content (AvgIpc) is 2.91. The smallest absolute Gasteiger partial charge is 0.339 e. The maximum atomic E-state index is 12.0. The number of hydrogen-bond donors (Lipinski definition) is 1. The van der Waals surface area contributed by atoms with Crippen LogP contribution in [0, 0.1) is 6.92 Å². The van der Waals surface area contributed by atoms with Gasteiger partial charge in [-0.05, 0) is 102 Å². The minimum absolute atomic E-state index is 0.00626. The molecule has 0 bridgehead atoms. The fraction of sp³-hybridized carbons (Fsp3) is 0.156. The van der Waals surface area contributed by atoms with E-state index in [2.05, 4.69) is 0 Å². The molecule has 0 heterocycles. The second kappa shape index (κ2) is 10.7. The van der Waals surface area contributed by atoms with Gasteiger partial charge >= 0.3 is 5.97 Å². The molecule has 0 unspecified atom stereocenters. The van der Waals surface area contributed by atoms with Crippen molar-refractivity contribution in [3.05, 3.63) is 95.1 Å². The lowest BCUT2D eigenvalue weighted by molar-refractivity contribution is 0.0693. The van der Waals surface area contributed by atoms with Crippen molar-refractivity contribution in [3.63, 3.8) is 0 Å². The first kappa shape index (κ1) is 26.4. The molecule has 4 aromatic rings. The molecule has 0 aromatic heterocycles. The van der Waals surface area contributed by atoms with Crippen LogP contribution >= 0.6 is 0 Å². The van der Waals surface area contributed by atoms with Crippen LogP contribution in [0.25, 0.3) is 33.4 Å². The van der Waals surface area contributed by atoms with Crippen LogP contribution in [-0.2, 0) is 0 Å². The summed E-state index contributed by atoms with van der Waals surface area (Å²) in [6.07, 6.45) is 0. The highest BCUT2D eigenvalue weighted by Gasteiger charge is 2.16. The van der Waals surface area contributed by atoms with Crippen LogP contribution in [0.5, 0.6) is 11.5 Å². The molecule has 0 spiro atoms. The summed E-state index contributed by atoms with van der Waals surface area (Å²) in [6, 6.07) is 22.2. The summed E-state index contributed by atoms with van der Waals surface area (Å²) >= 11 is 0. The molecule has 0 atom stereocenters. The molecule has 0 saturated carbocycles. The van der Waals surface area contributed by atoms with Crippen molar-refractivity contribution in [1.29, 1.82) is 0 Å².